The third-order valence-electron chi connectivity index (χ3n) is 2.96. The van der Waals surface area contributed by atoms with Crippen LogP contribution in [0.2, 0.25) is 0 Å². The van der Waals surface area contributed by atoms with E-state index < -0.39 is 5.60 Å². The van der Waals surface area contributed by atoms with Crippen molar-refractivity contribution in [3.8, 4) is 6.07 Å². The van der Waals surface area contributed by atoms with Crippen LogP contribution in [0.1, 0.15) is 39.0 Å². The average Bonchev–Trinajstić information content (AvgIpc) is 2.30. The lowest BCUT2D eigenvalue weighted by atomic mass is 9.92. The maximum absolute atomic E-state index is 10.1. The Kier molecular flexibility index (Phi) is 4.37. The zero-order valence-corrected chi connectivity index (χ0v) is 9.00. The van der Waals surface area contributed by atoms with Crippen molar-refractivity contribution in [1.29, 1.82) is 5.26 Å². The van der Waals surface area contributed by atoms with Crippen LogP contribution in [0.3, 0.4) is 0 Å². The SMILES string of the molecule is CCCN1CCCC(O)(CC#N)CC1. The molecular weight excluding hydrogens is 176 g/mol. The summed E-state index contributed by atoms with van der Waals surface area (Å²) in [6.45, 7) is 5.29. The molecule has 1 aliphatic rings. The first-order chi connectivity index (χ1) is 6.70. The Labute approximate surface area is 86.3 Å². The van der Waals surface area contributed by atoms with Crippen LogP contribution in [-0.4, -0.2) is 35.2 Å². The van der Waals surface area contributed by atoms with E-state index in [-0.39, 0.29) is 6.42 Å². The Bertz CT molecular complexity index is 212. The van der Waals surface area contributed by atoms with Gasteiger partial charge in [-0.2, -0.15) is 5.26 Å². The molecule has 0 saturated carbocycles. The van der Waals surface area contributed by atoms with E-state index in [1.54, 1.807) is 0 Å². The first-order valence-corrected chi connectivity index (χ1v) is 5.52. The number of nitriles is 1. The minimum absolute atomic E-state index is 0.285. The molecule has 0 bridgehead atoms. The molecule has 0 aromatic heterocycles. The van der Waals surface area contributed by atoms with Crippen LogP contribution in [0, 0.1) is 11.3 Å². The van der Waals surface area contributed by atoms with E-state index in [2.05, 4.69) is 17.9 Å². The molecule has 1 atom stereocenters. The molecule has 1 aliphatic heterocycles. The second-order valence-corrected chi connectivity index (χ2v) is 4.25. The highest BCUT2D eigenvalue weighted by Crippen LogP contribution is 2.25. The summed E-state index contributed by atoms with van der Waals surface area (Å²) in [6, 6.07) is 2.08. The fraction of sp³-hybridized carbons (Fsp3) is 0.909. The van der Waals surface area contributed by atoms with Crippen LogP contribution in [-0.2, 0) is 0 Å². The molecule has 14 heavy (non-hydrogen) atoms. The molecule has 0 amide bonds. The van der Waals surface area contributed by atoms with Crippen molar-refractivity contribution in [2.45, 2.75) is 44.6 Å². The van der Waals surface area contributed by atoms with Crippen molar-refractivity contribution in [1.82, 2.24) is 4.90 Å². The lowest BCUT2D eigenvalue weighted by Gasteiger charge is -2.23. The predicted octanol–water partition coefficient (Wildman–Crippen LogP) is 1.53. The summed E-state index contributed by atoms with van der Waals surface area (Å²) in [5, 5.41) is 18.7. The van der Waals surface area contributed by atoms with Crippen LogP contribution >= 0.6 is 0 Å². The van der Waals surface area contributed by atoms with E-state index in [0.29, 0.717) is 0 Å². The monoisotopic (exact) mass is 196 g/mol. The van der Waals surface area contributed by atoms with E-state index in [0.717, 1.165) is 45.3 Å². The minimum atomic E-state index is -0.711. The van der Waals surface area contributed by atoms with Crippen molar-refractivity contribution in [2.24, 2.45) is 0 Å². The molecule has 1 fully saturated rings. The highest BCUT2D eigenvalue weighted by molar-refractivity contribution is 4.91. The van der Waals surface area contributed by atoms with Crippen LogP contribution in [0.4, 0.5) is 0 Å². The molecule has 0 radical (unpaired) electrons. The summed E-state index contributed by atoms with van der Waals surface area (Å²) in [6.07, 6.45) is 3.99. The number of hydrogen-bond acceptors (Lipinski definition) is 3. The van der Waals surface area contributed by atoms with Gasteiger partial charge in [0.1, 0.15) is 0 Å². The molecule has 1 saturated heterocycles. The summed E-state index contributed by atoms with van der Waals surface area (Å²) in [7, 11) is 0. The number of rotatable bonds is 3. The Morgan fingerprint density at radius 1 is 1.43 bits per heavy atom. The van der Waals surface area contributed by atoms with Gasteiger partial charge in [0.05, 0.1) is 18.1 Å². The van der Waals surface area contributed by atoms with Gasteiger partial charge in [-0.3, -0.25) is 0 Å². The van der Waals surface area contributed by atoms with Crippen molar-refractivity contribution >= 4 is 0 Å². The minimum Gasteiger partial charge on any atom is -0.389 e. The van der Waals surface area contributed by atoms with Crippen molar-refractivity contribution < 1.29 is 5.11 Å². The normalized spacial score (nSPS) is 29.5. The highest BCUT2D eigenvalue weighted by Gasteiger charge is 2.29. The molecule has 1 rings (SSSR count). The molecule has 0 aromatic rings. The Balaban J connectivity index is 2.44. The van der Waals surface area contributed by atoms with Crippen LogP contribution < -0.4 is 0 Å². The summed E-state index contributed by atoms with van der Waals surface area (Å²) < 4.78 is 0. The highest BCUT2D eigenvalue weighted by atomic mass is 16.3. The van der Waals surface area contributed by atoms with E-state index in [1.165, 1.54) is 0 Å². The standard InChI is InChI=1S/C11H20N2O/c1-2-8-13-9-3-4-11(14,5-7-12)6-10-13/h14H,2-6,8-10H2,1H3. The molecular formula is C11H20N2O. The average molecular weight is 196 g/mol. The molecule has 3 heteroatoms. The third-order valence-corrected chi connectivity index (χ3v) is 2.96. The van der Waals surface area contributed by atoms with Gasteiger partial charge < -0.3 is 10.0 Å². The van der Waals surface area contributed by atoms with Gasteiger partial charge in [0.2, 0.25) is 0 Å². The largest absolute Gasteiger partial charge is 0.389 e. The van der Waals surface area contributed by atoms with Gasteiger partial charge in [0.25, 0.3) is 0 Å². The van der Waals surface area contributed by atoms with Gasteiger partial charge in [-0.05, 0) is 38.8 Å². The van der Waals surface area contributed by atoms with Gasteiger partial charge in [0.15, 0.2) is 0 Å². The van der Waals surface area contributed by atoms with Gasteiger partial charge in [-0.15, -0.1) is 0 Å². The van der Waals surface area contributed by atoms with Crippen LogP contribution in [0.15, 0.2) is 0 Å². The molecule has 1 unspecified atom stereocenters. The maximum Gasteiger partial charge on any atom is 0.0789 e. The molecule has 0 aromatic carbocycles. The van der Waals surface area contributed by atoms with E-state index in [4.69, 9.17) is 5.26 Å². The fourth-order valence-electron chi connectivity index (χ4n) is 2.10. The number of hydrogen-bond donors (Lipinski definition) is 1. The zero-order valence-electron chi connectivity index (χ0n) is 9.00. The van der Waals surface area contributed by atoms with Gasteiger partial charge in [0, 0.05) is 6.54 Å². The second-order valence-electron chi connectivity index (χ2n) is 4.25. The predicted molar refractivity (Wildman–Crippen MR) is 55.8 cm³/mol. The lowest BCUT2D eigenvalue weighted by Crippen LogP contribution is -2.31. The topological polar surface area (TPSA) is 47.3 Å². The van der Waals surface area contributed by atoms with Crippen LogP contribution in [0.25, 0.3) is 0 Å². The number of nitrogens with zero attached hydrogens (tertiary/aromatic N) is 2. The maximum atomic E-state index is 10.1. The van der Waals surface area contributed by atoms with Crippen molar-refractivity contribution in [3.05, 3.63) is 0 Å². The Morgan fingerprint density at radius 2 is 2.21 bits per heavy atom. The van der Waals surface area contributed by atoms with Crippen molar-refractivity contribution in [2.75, 3.05) is 19.6 Å². The van der Waals surface area contributed by atoms with Gasteiger partial charge >= 0.3 is 0 Å². The second kappa shape index (κ2) is 5.33. The Hall–Kier alpha value is -0.590. The first kappa shape index (κ1) is 11.5. The summed E-state index contributed by atoms with van der Waals surface area (Å²) in [5.74, 6) is 0. The van der Waals surface area contributed by atoms with Gasteiger partial charge in [-0.25, -0.2) is 0 Å². The Morgan fingerprint density at radius 3 is 2.86 bits per heavy atom. The third kappa shape index (κ3) is 3.28. The smallest absolute Gasteiger partial charge is 0.0789 e. The summed E-state index contributed by atoms with van der Waals surface area (Å²) in [5.41, 5.74) is -0.711. The quantitative estimate of drug-likeness (QED) is 0.744. The molecule has 1 heterocycles. The van der Waals surface area contributed by atoms with Crippen molar-refractivity contribution in [3.63, 3.8) is 0 Å². The number of likely N-dealkylation sites (tertiary alicyclic amines) is 1. The molecule has 80 valence electrons. The van der Waals surface area contributed by atoms with Gasteiger partial charge in [-0.1, -0.05) is 6.92 Å². The van der Waals surface area contributed by atoms with Crippen LogP contribution in [0.5, 0.6) is 0 Å². The van der Waals surface area contributed by atoms with E-state index >= 15 is 0 Å². The summed E-state index contributed by atoms with van der Waals surface area (Å²) >= 11 is 0. The molecule has 3 nitrogen and oxygen atoms in total. The van der Waals surface area contributed by atoms with E-state index in [9.17, 15) is 5.11 Å². The fourth-order valence-corrected chi connectivity index (χ4v) is 2.10. The van der Waals surface area contributed by atoms with E-state index in [1.807, 2.05) is 0 Å². The molecule has 0 aliphatic carbocycles. The first-order valence-electron chi connectivity index (χ1n) is 5.52. The number of aliphatic hydroxyl groups is 1. The lowest BCUT2D eigenvalue weighted by molar-refractivity contribution is 0.0300. The summed E-state index contributed by atoms with van der Waals surface area (Å²) in [4.78, 5) is 2.38. The molecule has 0 spiro atoms. The molecule has 1 N–H and O–H groups in total. The zero-order chi connectivity index (χ0) is 10.4.